The molecule has 19 nitrogen and oxygen atoms in total. The molecule has 5 rings (SSSR count). The van der Waals surface area contributed by atoms with Crippen LogP contribution in [0.2, 0.25) is 0 Å². The van der Waals surface area contributed by atoms with E-state index in [0.717, 1.165) is 21.6 Å². The minimum atomic E-state index is -1.45. The Labute approximate surface area is 266 Å². The number of furan rings is 1. The highest BCUT2D eigenvalue weighted by Crippen LogP contribution is 2.43. The second kappa shape index (κ2) is 13.0. The van der Waals surface area contributed by atoms with Crippen molar-refractivity contribution in [1.29, 1.82) is 0 Å². The molecule has 244 valence electrons. The lowest BCUT2D eigenvalue weighted by Gasteiger charge is -2.51. The molecular formula is C25H25N7O12S2. The number of amides is 6. The summed E-state index contributed by atoms with van der Waals surface area (Å²) in [4.78, 5) is 94.3. The molecule has 4 aliphatic rings. The molecule has 1 aromatic heterocycles. The summed E-state index contributed by atoms with van der Waals surface area (Å²) in [5.74, 6) is -4.36. The summed E-state index contributed by atoms with van der Waals surface area (Å²) in [6.07, 6.45) is -0.934. The quantitative estimate of drug-likeness (QED) is 0.0982. The van der Waals surface area contributed by atoms with Crippen LogP contribution in [0.5, 0.6) is 0 Å². The Morgan fingerprint density at radius 3 is 2.00 bits per heavy atom. The number of hydrogen-bond donors (Lipinski definition) is 5. The van der Waals surface area contributed by atoms with Gasteiger partial charge in [-0.25, -0.2) is 14.4 Å². The van der Waals surface area contributed by atoms with Crippen molar-refractivity contribution >= 4 is 71.0 Å². The Morgan fingerprint density at radius 2 is 1.50 bits per heavy atom. The third kappa shape index (κ3) is 5.92. The van der Waals surface area contributed by atoms with Gasteiger partial charge in [0.15, 0.2) is 5.76 Å². The van der Waals surface area contributed by atoms with E-state index in [1.54, 1.807) is 0 Å². The number of rotatable bonds is 11. The molecule has 0 saturated carbocycles. The molecule has 5 heterocycles. The Morgan fingerprint density at radius 1 is 0.957 bits per heavy atom. The number of ether oxygens (including phenoxy) is 2. The van der Waals surface area contributed by atoms with Gasteiger partial charge < -0.3 is 45.9 Å². The lowest BCUT2D eigenvalue weighted by atomic mass is 10.00. The number of primary amides is 2. The minimum Gasteiger partial charge on any atom is -0.477 e. The summed E-state index contributed by atoms with van der Waals surface area (Å²) < 4.78 is 14.8. The fourth-order valence-corrected chi connectivity index (χ4v) is 7.70. The summed E-state index contributed by atoms with van der Waals surface area (Å²) in [6, 6.07) is 0.698. The van der Waals surface area contributed by atoms with Gasteiger partial charge in [0.1, 0.15) is 54.5 Å². The van der Waals surface area contributed by atoms with Crippen molar-refractivity contribution < 1.29 is 57.4 Å². The predicted octanol–water partition coefficient (Wildman–Crippen LogP) is -1.79. The van der Waals surface area contributed by atoms with Crippen LogP contribution < -0.4 is 22.1 Å². The summed E-state index contributed by atoms with van der Waals surface area (Å²) >= 11 is 2.28. The van der Waals surface area contributed by atoms with Crippen LogP contribution in [0.4, 0.5) is 9.59 Å². The van der Waals surface area contributed by atoms with Crippen LogP contribution in [0.15, 0.2) is 50.5 Å². The number of β-lactam (4-membered cyclic amide) rings is 2. The molecule has 4 aliphatic heterocycles. The van der Waals surface area contributed by atoms with E-state index < -0.39 is 83.5 Å². The van der Waals surface area contributed by atoms with Gasteiger partial charge in [0.25, 0.3) is 23.6 Å². The van der Waals surface area contributed by atoms with E-state index in [2.05, 4.69) is 15.8 Å². The second-order valence-electron chi connectivity index (χ2n) is 9.75. The van der Waals surface area contributed by atoms with Crippen LogP contribution in [0.25, 0.3) is 0 Å². The van der Waals surface area contributed by atoms with Gasteiger partial charge in [-0.3, -0.25) is 29.0 Å². The van der Waals surface area contributed by atoms with Crippen molar-refractivity contribution in [3.8, 4) is 0 Å². The average Bonchev–Trinajstić information content (AvgIpc) is 3.56. The predicted molar refractivity (Wildman–Crippen MR) is 155 cm³/mol. The Balaban J connectivity index is 1.34. The van der Waals surface area contributed by atoms with Gasteiger partial charge in [-0.1, -0.05) is 5.16 Å². The maximum atomic E-state index is 13.7. The first kappa shape index (κ1) is 32.2. The second-order valence-corrected chi connectivity index (χ2v) is 12.0. The van der Waals surface area contributed by atoms with Crippen molar-refractivity contribution in [3.63, 3.8) is 0 Å². The van der Waals surface area contributed by atoms with Crippen LogP contribution in [-0.4, -0.2) is 117 Å². The van der Waals surface area contributed by atoms with Gasteiger partial charge >= 0.3 is 18.2 Å². The third-order valence-electron chi connectivity index (χ3n) is 7.01. The molecular weight excluding hydrogens is 654 g/mol. The van der Waals surface area contributed by atoms with Crippen molar-refractivity contribution in [2.75, 3.05) is 31.8 Å². The summed E-state index contributed by atoms with van der Waals surface area (Å²) in [5.41, 5.74) is 9.57. The molecule has 6 amide bonds. The molecule has 0 spiro atoms. The summed E-state index contributed by atoms with van der Waals surface area (Å²) in [7, 11) is 1.23. The smallest absolute Gasteiger partial charge is 0.404 e. The SMILES string of the molecule is CO/N=C(\C(=O)N[C@@H]1C(=O)N2C(C(=O)N[C@@H]3C(=O)N4C(C(=O)O)=C(COC(N)=O)CS[C@H]34)=C(COC(N)=O)CS[C@H]12)c1ccco1. The van der Waals surface area contributed by atoms with E-state index in [1.807, 2.05) is 0 Å². The lowest BCUT2D eigenvalue weighted by Crippen LogP contribution is -2.73. The fourth-order valence-electron chi connectivity index (χ4n) is 5.04. The van der Waals surface area contributed by atoms with Gasteiger partial charge in [0.05, 0.1) is 6.26 Å². The van der Waals surface area contributed by atoms with Crippen LogP contribution >= 0.6 is 23.5 Å². The van der Waals surface area contributed by atoms with E-state index in [9.17, 15) is 38.7 Å². The van der Waals surface area contributed by atoms with Gasteiger partial charge in [-0.2, -0.15) is 0 Å². The van der Waals surface area contributed by atoms with Crippen LogP contribution in [-0.2, 0) is 38.3 Å². The number of oxime groups is 1. The van der Waals surface area contributed by atoms with Crippen LogP contribution in [0.3, 0.4) is 0 Å². The topological polar surface area (TPSA) is 275 Å². The zero-order valence-corrected chi connectivity index (χ0v) is 25.3. The fraction of sp³-hybridized carbons (Fsp3) is 0.360. The lowest BCUT2D eigenvalue weighted by molar-refractivity contribution is -0.151. The number of carbonyl (C=O) groups excluding carboxylic acids is 6. The van der Waals surface area contributed by atoms with E-state index >= 15 is 0 Å². The molecule has 7 N–H and O–H groups in total. The van der Waals surface area contributed by atoms with E-state index in [-0.39, 0.29) is 39.8 Å². The molecule has 0 radical (unpaired) electrons. The first-order valence-corrected chi connectivity index (χ1v) is 15.2. The molecule has 1 aromatic rings. The number of fused-ring (bicyclic) bond motifs is 2. The van der Waals surface area contributed by atoms with Gasteiger partial charge in [0, 0.05) is 22.7 Å². The Hall–Kier alpha value is -5.18. The first-order valence-electron chi connectivity index (χ1n) is 13.1. The summed E-state index contributed by atoms with van der Waals surface area (Å²) in [5, 5.41) is 16.9. The van der Waals surface area contributed by atoms with Crippen LogP contribution in [0.1, 0.15) is 5.76 Å². The largest absolute Gasteiger partial charge is 0.477 e. The maximum absolute atomic E-state index is 13.7. The van der Waals surface area contributed by atoms with Crippen LogP contribution in [0, 0.1) is 0 Å². The first-order chi connectivity index (χ1) is 21.9. The number of aliphatic carboxylic acids is 1. The average molecular weight is 680 g/mol. The molecule has 2 fully saturated rings. The number of carboxylic acids is 1. The van der Waals surface area contributed by atoms with Gasteiger partial charge in [0.2, 0.25) is 5.71 Å². The Bertz CT molecular complexity index is 1610. The monoisotopic (exact) mass is 679 g/mol. The molecule has 2 saturated heterocycles. The van der Waals surface area contributed by atoms with Crippen molar-refractivity contribution in [2.45, 2.75) is 22.8 Å². The molecule has 4 atom stereocenters. The highest BCUT2D eigenvalue weighted by molar-refractivity contribution is 8.00. The zero-order chi connectivity index (χ0) is 33.3. The highest BCUT2D eigenvalue weighted by atomic mass is 32.2. The van der Waals surface area contributed by atoms with Gasteiger partial charge in [-0.05, 0) is 12.1 Å². The maximum Gasteiger partial charge on any atom is 0.404 e. The Kier molecular flexibility index (Phi) is 9.14. The molecule has 46 heavy (non-hydrogen) atoms. The van der Waals surface area contributed by atoms with Crippen molar-refractivity contribution in [1.82, 2.24) is 20.4 Å². The minimum absolute atomic E-state index is 0.0488. The summed E-state index contributed by atoms with van der Waals surface area (Å²) in [6.45, 7) is -0.887. The highest BCUT2D eigenvalue weighted by Gasteiger charge is 2.57. The number of carboxylic acid groups (broad SMARTS) is 1. The number of thioether (sulfide) groups is 2. The molecule has 0 bridgehead atoms. The van der Waals surface area contributed by atoms with E-state index in [4.69, 9.17) is 30.2 Å². The molecule has 0 aliphatic carbocycles. The molecule has 0 unspecified atom stereocenters. The number of hydrogen-bond acceptors (Lipinski definition) is 14. The van der Waals surface area contributed by atoms with Crippen molar-refractivity contribution in [2.24, 2.45) is 16.6 Å². The number of nitrogens with zero attached hydrogens (tertiary/aromatic N) is 3. The third-order valence-corrected chi connectivity index (χ3v) is 9.69. The standard InChI is InChI=1S/C25H25N7O12S2/c1-41-30-12(11-3-2-4-42-11)17(33)28-13-19(35)31-15(9(5-43-24(26)39)7-45-21(13)31)18(34)29-14-20(36)32-16(23(37)38)10(6-44-25(27)40)8-46-22(14)32/h2-4,13-14,21-22H,5-8H2,1H3,(H2,26,39)(H2,27,40)(H,28,33)(H,29,34)(H,37,38)/b30-12-/t13-,14-,21-,22-/m1/s1. The van der Waals surface area contributed by atoms with E-state index in [1.165, 1.54) is 37.3 Å². The number of nitrogens with one attached hydrogen (secondary N) is 2. The molecule has 0 aromatic carbocycles. The van der Waals surface area contributed by atoms with Gasteiger partial charge in [-0.15, -0.1) is 23.5 Å². The molecule has 21 heteroatoms. The zero-order valence-electron chi connectivity index (χ0n) is 23.6. The van der Waals surface area contributed by atoms with Crippen molar-refractivity contribution in [3.05, 3.63) is 46.7 Å². The number of nitrogens with two attached hydrogens (primary N) is 2. The number of carbonyl (C=O) groups is 7. The normalized spacial score (nSPS) is 23.8. The van der Waals surface area contributed by atoms with E-state index in [0.29, 0.717) is 0 Å².